The van der Waals surface area contributed by atoms with Crippen LogP contribution in [0, 0.1) is 5.82 Å². The van der Waals surface area contributed by atoms with E-state index < -0.39 is 0 Å². The molecule has 3 aliphatic heterocycles. The van der Waals surface area contributed by atoms with Crippen LogP contribution in [0.1, 0.15) is 41.4 Å². The highest BCUT2D eigenvalue weighted by Gasteiger charge is 2.37. The number of phenols is 1. The van der Waals surface area contributed by atoms with E-state index in [0.717, 1.165) is 13.0 Å². The van der Waals surface area contributed by atoms with Gasteiger partial charge in [-0.2, -0.15) is 9.97 Å². The number of halogens is 1. The van der Waals surface area contributed by atoms with E-state index in [1.54, 1.807) is 19.2 Å². The van der Waals surface area contributed by atoms with Crippen molar-refractivity contribution in [1.29, 1.82) is 0 Å². The molecular formula is C30H38FN5O5. The molecule has 41 heavy (non-hydrogen) atoms. The molecule has 220 valence electrons. The van der Waals surface area contributed by atoms with Gasteiger partial charge in [-0.25, -0.2) is 4.39 Å². The van der Waals surface area contributed by atoms with Gasteiger partial charge >= 0.3 is 6.01 Å². The maximum absolute atomic E-state index is 14.7. The summed E-state index contributed by atoms with van der Waals surface area (Å²) in [6, 6.07) is 6.28. The number of phenolic OH excluding ortho intramolecular Hbond substituents is 1. The van der Waals surface area contributed by atoms with Crippen molar-refractivity contribution in [3.63, 3.8) is 0 Å². The van der Waals surface area contributed by atoms with Gasteiger partial charge in [-0.05, 0) is 49.4 Å². The maximum atomic E-state index is 14.7. The molecule has 11 heteroatoms. The summed E-state index contributed by atoms with van der Waals surface area (Å²) in [5, 5.41) is 11.7. The Morgan fingerprint density at radius 2 is 1.98 bits per heavy atom. The average molecular weight is 568 g/mol. The summed E-state index contributed by atoms with van der Waals surface area (Å²) in [6.45, 7) is 6.82. The second kappa shape index (κ2) is 12.5. The lowest BCUT2D eigenvalue weighted by Crippen LogP contribution is -2.30. The summed E-state index contributed by atoms with van der Waals surface area (Å²) < 4.78 is 30.7. The molecule has 4 heterocycles. The van der Waals surface area contributed by atoms with E-state index in [4.69, 9.17) is 14.2 Å². The summed E-state index contributed by atoms with van der Waals surface area (Å²) in [5.74, 6) is -0.108. The smallest absolute Gasteiger partial charge is 0.318 e. The van der Waals surface area contributed by atoms with E-state index in [2.05, 4.69) is 21.9 Å². The normalized spacial score (nSPS) is 19.2. The molecule has 1 amide bonds. The highest BCUT2D eigenvalue weighted by Crippen LogP contribution is 2.40. The van der Waals surface area contributed by atoms with Crippen LogP contribution in [0.4, 0.5) is 15.9 Å². The lowest BCUT2D eigenvalue weighted by atomic mass is 9.99. The van der Waals surface area contributed by atoms with Crippen LogP contribution in [0.5, 0.6) is 11.8 Å². The molecule has 3 aromatic rings. The van der Waals surface area contributed by atoms with Gasteiger partial charge in [0.05, 0.1) is 37.7 Å². The van der Waals surface area contributed by atoms with E-state index in [0.29, 0.717) is 77.9 Å². The largest absolute Gasteiger partial charge is 0.508 e. The molecule has 0 spiro atoms. The average Bonchev–Trinajstić information content (AvgIpc) is 3.42. The van der Waals surface area contributed by atoms with Gasteiger partial charge in [-0.1, -0.05) is 13.0 Å². The SMILES string of the molecule is CCc1c(F)ccc2cc(O)cc(N3Cc4nc(OC)nc(N5CCCOCC5)c4C3=O)c12.COC1CCN(C)C1. The van der Waals surface area contributed by atoms with Crippen LogP contribution in [0.3, 0.4) is 0 Å². The molecule has 3 aliphatic rings. The number of methoxy groups -OCH3 is 2. The van der Waals surface area contributed by atoms with Crippen LogP contribution in [0.15, 0.2) is 24.3 Å². The van der Waals surface area contributed by atoms with E-state index in [-0.39, 0.29) is 30.0 Å². The zero-order valence-corrected chi connectivity index (χ0v) is 24.2. The first-order valence-corrected chi connectivity index (χ1v) is 14.1. The van der Waals surface area contributed by atoms with Gasteiger partial charge in [0.15, 0.2) is 0 Å². The third-order valence-corrected chi connectivity index (χ3v) is 7.87. The number of nitrogens with zero attached hydrogens (tertiary/aromatic N) is 5. The molecule has 2 fully saturated rings. The van der Waals surface area contributed by atoms with Gasteiger partial charge in [0.25, 0.3) is 5.91 Å². The predicted molar refractivity (Wildman–Crippen MR) is 155 cm³/mol. The number of rotatable bonds is 5. The van der Waals surface area contributed by atoms with Crippen molar-refractivity contribution in [1.82, 2.24) is 14.9 Å². The molecule has 10 nitrogen and oxygen atoms in total. The summed E-state index contributed by atoms with van der Waals surface area (Å²) in [4.78, 5) is 28.6. The number of hydrogen-bond acceptors (Lipinski definition) is 9. The summed E-state index contributed by atoms with van der Waals surface area (Å²) >= 11 is 0. The van der Waals surface area contributed by atoms with Crippen molar-refractivity contribution < 1.29 is 28.5 Å². The Morgan fingerprint density at radius 3 is 2.66 bits per heavy atom. The Morgan fingerprint density at radius 1 is 1.15 bits per heavy atom. The summed E-state index contributed by atoms with van der Waals surface area (Å²) in [7, 11) is 5.40. The van der Waals surface area contributed by atoms with Crippen LogP contribution in [0.25, 0.3) is 10.8 Å². The summed E-state index contributed by atoms with van der Waals surface area (Å²) in [5.41, 5.74) is 1.90. The predicted octanol–water partition coefficient (Wildman–Crippen LogP) is 3.77. The van der Waals surface area contributed by atoms with Crippen molar-refractivity contribution in [3.8, 4) is 11.8 Å². The second-order valence-electron chi connectivity index (χ2n) is 10.6. The lowest BCUT2D eigenvalue weighted by molar-refractivity contribution is 0.0996. The number of carbonyl (C=O) groups is 1. The van der Waals surface area contributed by atoms with Gasteiger partial charge in [-0.15, -0.1) is 0 Å². The van der Waals surface area contributed by atoms with Crippen molar-refractivity contribution in [2.24, 2.45) is 0 Å². The Kier molecular flexibility index (Phi) is 8.86. The Bertz CT molecular complexity index is 1410. The molecule has 0 radical (unpaired) electrons. The minimum absolute atomic E-state index is 0.00322. The molecule has 1 aromatic heterocycles. The third-order valence-electron chi connectivity index (χ3n) is 7.87. The molecule has 2 saturated heterocycles. The number of carbonyl (C=O) groups excluding carboxylic acids is 1. The molecule has 6 rings (SSSR count). The number of likely N-dealkylation sites (N-methyl/N-ethyl adjacent to an activating group) is 1. The molecule has 1 unspecified atom stereocenters. The van der Waals surface area contributed by atoms with Crippen molar-refractivity contribution in [3.05, 3.63) is 46.9 Å². The van der Waals surface area contributed by atoms with E-state index >= 15 is 0 Å². The lowest BCUT2D eigenvalue weighted by Gasteiger charge is -2.23. The zero-order valence-electron chi connectivity index (χ0n) is 24.2. The van der Waals surface area contributed by atoms with Gasteiger partial charge in [0.1, 0.15) is 22.9 Å². The monoisotopic (exact) mass is 567 g/mol. The Labute approximate surface area is 239 Å². The maximum Gasteiger partial charge on any atom is 0.318 e. The third kappa shape index (κ3) is 5.93. The standard InChI is InChI=1S/C24H25FN4O4.C6H13NO/c1-3-16-17(25)6-5-14-11-15(30)12-19(20(14)16)29-13-18-21(23(29)31)22(27-24(26-18)32-2)28-7-4-9-33-10-8-28;1-7-4-3-6(5-7)8-2/h5-6,11-12,30H,3-4,7-10,13H2,1-2H3;6H,3-5H2,1-2H3. The number of benzene rings is 2. The zero-order chi connectivity index (χ0) is 29.1. The fourth-order valence-corrected chi connectivity index (χ4v) is 5.76. The first-order valence-electron chi connectivity index (χ1n) is 14.1. The van der Waals surface area contributed by atoms with Crippen LogP contribution in [-0.4, -0.2) is 92.6 Å². The number of amides is 1. The Balaban J connectivity index is 0.000000365. The Hall–Kier alpha value is -3.54. The topological polar surface area (TPSA) is 100 Å². The van der Waals surface area contributed by atoms with Gasteiger partial charge < -0.3 is 34.0 Å². The van der Waals surface area contributed by atoms with Crippen molar-refractivity contribution in [2.75, 3.05) is 70.5 Å². The van der Waals surface area contributed by atoms with Crippen molar-refractivity contribution >= 4 is 28.2 Å². The number of fused-ring (bicyclic) bond motifs is 2. The molecule has 2 aromatic carbocycles. The first kappa shape index (κ1) is 29.0. The highest BCUT2D eigenvalue weighted by atomic mass is 19.1. The molecule has 0 bridgehead atoms. The minimum atomic E-state index is -0.340. The van der Waals surface area contributed by atoms with Crippen molar-refractivity contribution in [2.45, 2.75) is 38.8 Å². The molecule has 1 atom stereocenters. The number of aromatic hydroxyl groups is 1. The fraction of sp³-hybridized carbons (Fsp3) is 0.500. The minimum Gasteiger partial charge on any atom is -0.508 e. The van der Waals surface area contributed by atoms with Gasteiger partial charge in [0, 0.05) is 51.3 Å². The van der Waals surface area contributed by atoms with Gasteiger partial charge in [0.2, 0.25) is 0 Å². The van der Waals surface area contributed by atoms with E-state index in [1.165, 1.54) is 37.1 Å². The number of anilines is 2. The first-order chi connectivity index (χ1) is 19.8. The number of hydrogen-bond donors (Lipinski definition) is 1. The van der Waals surface area contributed by atoms with Crippen LogP contribution >= 0.6 is 0 Å². The van der Waals surface area contributed by atoms with E-state index in [9.17, 15) is 14.3 Å². The molecule has 1 N–H and O–H groups in total. The number of ether oxygens (including phenoxy) is 3. The number of aromatic nitrogens is 2. The van der Waals surface area contributed by atoms with E-state index in [1.807, 2.05) is 11.8 Å². The van der Waals surface area contributed by atoms with Crippen LogP contribution < -0.4 is 14.5 Å². The molecular weight excluding hydrogens is 529 g/mol. The molecule has 0 saturated carbocycles. The summed E-state index contributed by atoms with van der Waals surface area (Å²) in [6.07, 6.45) is 2.96. The quantitative estimate of drug-likeness (QED) is 0.494. The fourth-order valence-electron chi connectivity index (χ4n) is 5.76. The second-order valence-corrected chi connectivity index (χ2v) is 10.6. The molecule has 0 aliphatic carbocycles. The van der Waals surface area contributed by atoms with Gasteiger partial charge in [-0.3, -0.25) is 4.79 Å². The number of aryl methyl sites for hydroxylation is 1. The number of likely N-dealkylation sites (tertiary alicyclic amines) is 1. The van der Waals surface area contributed by atoms with Crippen LogP contribution in [-0.2, 0) is 22.4 Å². The van der Waals surface area contributed by atoms with Crippen LogP contribution in [0.2, 0.25) is 0 Å². The highest BCUT2D eigenvalue weighted by molar-refractivity contribution is 6.16.